The molecule has 0 aliphatic carbocycles. The quantitative estimate of drug-likeness (QED) is 0.840. The van der Waals surface area contributed by atoms with Gasteiger partial charge in [-0.2, -0.15) is 0 Å². The van der Waals surface area contributed by atoms with Gasteiger partial charge in [0.05, 0.1) is 0 Å². The Morgan fingerprint density at radius 3 is 2.40 bits per heavy atom. The van der Waals surface area contributed by atoms with Crippen LogP contribution < -0.4 is 5.73 Å². The van der Waals surface area contributed by atoms with Crippen LogP contribution in [0.3, 0.4) is 0 Å². The van der Waals surface area contributed by atoms with Gasteiger partial charge in [0.2, 0.25) is 0 Å². The van der Waals surface area contributed by atoms with E-state index < -0.39 is 0 Å². The summed E-state index contributed by atoms with van der Waals surface area (Å²) in [6, 6.07) is 14.9. The fourth-order valence-corrected chi connectivity index (χ4v) is 2.53. The third-order valence-corrected chi connectivity index (χ3v) is 3.49. The Morgan fingerprint density at radius 2 is 1.80 bits per heavy atom. The number of pyridine rings is 1. The zero-order chi connectivity index (χ0) is 14.2. The second-order valence-electron chi connectivity index (χ2n) is 4.99. The molecule has 20 heavy (non-hydrogen) atoms. The van der Waals surface area contributed by atoms with Gasteiger partial charge in [0, 0.05) is 31.5 Å². The first-order chi connectivity index (χ1) is 9.85. The Morgan fingerprint density at radius 1 is 1.10 bits per heavy atom. The summed E-state index contributed by atoms with van der Waals surface area (Å²) in [5.41, 5.74) is 8.60. The molecule has 0 bridgehead atoms. The van der Waals surface area contributed by atoms with Crippen molar-refractivity contribution in [3.8, 4) is 0 Å². The maximum absolute atomic E-state index is 6.03. The molecule has 1 heterocycles. The largest absolute Gasteiger partial charge is 0.329 e. The number of nitrogens with zero attached hydrogens (tertiary/aromatic N) is 2. The number of hydrogen-bond donors (Lipinski definition) is 1. The highest BCUT2D eigenvalue weighted by Gasteiger charge is 2.18. The lowest BCUT2D eigenvalue weighted by Gasteiger charge is -2.31. The molecule has 1 atom stereocenters. The summed E-state index contributed by atoms with van der Waals surface area (Å²) in [6.45, 7) is 4.80. The fraction of sp³-hybridized carbons (Fsp3) is 0.353. The van der Waals surface area contributed by atoms with E-state index in [2.05, 4.69) is 59.3 Å². The highest BCUT2D eigenvalue weighted by atomic mass is 15.2. The molecular weight excluding hydrogens is 246 g/mol. The molecule has 2 aromatic rings. The van der Waals surface area contributed by atoms with Gasteiger partial charge in [-0.05, 0) is 36.2 Å². The SMILES string of the molecule is CCCN(Cc1ccccc1)C(CN)c1ccncc1. The van der Waals surface area contributed by atoms with Crippen LogP contribution >= 0.6 is 0 Å². The first-order valence-electron chi connectivity index (χ1n) is 7.23. The number of rotatable bonds is 7. The van der Waals surface area contributed by atoms with E-state index in [0.717, 1.165) is 19.5 Å². The molecule has 1 aromatic heterocycles. The summed E-state index contributed by atoms with van der Waals surface area (Å²) in [4.78, 5) is 6.54. The van der Waals surface area contributed by atoms with Gasteiger partial charge >= 0.3 is 0 Å². The normalized spacial score (nSPS) is 12.6. The monoisotopic (exact) mass is 269 g/mol. The van der Waals surface area contributed by atoms with Crippen LogP contribution in [0.2, 0.25) is 0 Å². The van der Waals surface area contributed by atoms with Crippen molar-refractivity contribution in [3.05, 3.63) is 66.0 Å². The third kappa shape index (κ3) is 3.89. The van der Waals surface area contributed by atoms with Crippen molar-refractivity contribution in [1.82, 2.24) is 9.88 Å². The second-order valence-corrected chi connectivity index (χ2v) is 4.99. The first-order valence-corrected chi connectivity index (χ1v) is 7.23. The summed E-state index contributed by atoms with van der Waals surface area (Å²) >= 11 is 0. The minimum Gasteiger partial charge on any atom is -0.329 e. The van der Waals surface area contributed by atoms with E-state index >= 15 is 0 Å². The minimum absolute atomic E-state index is 0.248. The molecule has 1 unspecified atom stereocenters. The van der Waals surface area contributed by atoms with Crippen molar-refractivity contribution in [1.29, 1.82) is 0 Å². The molecule has 0 saturated carbocycles. The van der Waals surface area contributed by atoms with Crippen LogP contribution in [-0.4, -0.2) is 23.0 Å². The van der Waals surface area contributed by atoms with E-state index in [1.165, 1.54) is 11.1 Å². The third-order valence-electron chi connectivity index (χ3n) is 3.49. The summed E-state index contributed by atoms with van der Waals surface area (Å²) < 4.78 is 0. The van der Waals surface area contributed by atoms with Crippen LogP contribution in [0.5, 0.6) is 0 Å². The standard InChI is InChI=1S/C17H23N3/c1-2-12-20(14-15-6-4-3-5-7-15)17(13-18)16-8-10-19-11-9-16/h3-11,17H,2,12-14,18H2,1H3. The van der Waals surface area contributed by atoms with Gasteiger partial charge in [0.1, 0.15) is 0 Å². The van der Waals surface area contributed by atoms with Crippen molar-refractivity contribution >= 4 is 0 Å². The van der Waals surface area contributed by atoms with Gasteiger partial charge in [-0.1, -0.05) is 37.3 Å². The molecule has 2 N–H and O–H groups in total. The van der Waals surface area contributed by atoms with E-state index in [0.29, 0.717) is 6.54 Å². The van der Waals surface area contributed by atoms with Crippen molar-refractivity contribution in [2.24, 2.45) is 5.73 Å². The Kier molecular flexibility index (Phi) is 5.71. The molecule has 0 saturated heterocycles. The summed E-state index contributed by atoms with van der Waals surface area (Å²) in [7, 11) is 0. The zero-order valence-electron chi connectivity index (χ0n) is 12.1. The summed E-state index contributed by atoms with van der Waals surface area (Å²) in [5, 5.41) is 0. The van der Waals surface area contributed by atoms with E-state index in [9.17, 15) is 0 Å². The molecule has 0 fully saturated rings. The average Bonchev–Trinajstić information content (AvgIpc) is 2.50. The van der Waals surface area contributed by atoms with Gasteiger partial charge < -0.3 is 5.73 Å². The molecule has 0 aliphatic heterocycles. The van der Waals surface area contributed by atoms with Crippen LogP contribution in [0, 0.1) is 0 Å². The molecule has 2 rings (SSSR count). The lowest BCUT2D eigenvalue weighted by Crippen LogP contribution is -2.34. The van der Waals surface area contributed by atoms with Gasteiger partial charge in [-0.15, -0.1) is 0 Å². The van der Waals surface area contributed by atoms with Gasteiger partial charge in [0.15, 0.2) is 0 Å². The van der Waals surface area contributed by atoms with Crippen molar-refractivity contribution in [2.75, 3.05) is 13.1 Å². The van der Waals surface area contributed by atoms with E-state index in [-0.39, 0.29) is 6.04 Å². The van der Waals surface area contributed by atoms with E-state index in [4.69, 9.17) is 5.73 Å². The zero-order valence-corrected chi connectivity index (χ0v) is 12.1. The van der Waals surface area contributed by atoms with Crippen molar-refractivity contribution < 1.29 is 0 Å². The maximum atomic E-state index is 6.03. The fourth-order valence-electron chi connectivity index (χ4n) is 2.53. The molecule has 0 radical (unpaired) electrons. The molecule has 3 nitrogen and oxygen atoms in total. The average molecular weight is 269 g/mol. The number of nitrogens with two attached hydrogens (primary N) is 1. The Balaban J connectivity index is 2.17. The van der Waals surface area contributed by atoms with Crippen molar-refractivity contribution in [3.63, 3.8) is 0 Å². The number of benzene rings is 1. The maximum Gasteiger partial charge on any atom is 0.0475 e. The first kappa shape index (κ1) is 14.7. The Hall–Kier alpha value is -1.71. The summed E-state index contributed by atoms with van der Waals surface area (Å²) in [5.74, 6) is 0. The highest BCUT2D eigenvalue weighted by Crippen LogP contribution is 2.21. The topological polar surface area (TPSA) is 42.1 Å². The summed E-state index contributed by atoms with van der Waals surface area (Å²) in [6.07, 6.45) is 4.80. The van der Waals surface area contributed by atoms with Gasteiger partial charge in [-0.3, -0.25) is 9.88 Å². The number of aromatic nitrogens is 1. The predicted molar refractivity (Wildman–Crippen MR) is 83.2 cm³/mol. The predicted octanol–water partition coefficient (Wildman–Crippen LogP) is 2.99. The lowest BCUT2D eigenvalue weighted by molar-refractivity contribution is 0.193. The van der Waals surface area contributed by atoms with Crippen molar-refractivity contribution in [2.45, 2.75) is 25.9 Å². The number of hydrogen-bond acceptors (Lipinski definition) is 3. The molecule has 3 heteroatoms. The smallest absolute Gasteiger partial charge is 0.0475 e. The Bertz CT molecular complexity index is 484. The van der Waals surface area contributed by atoms with Crippen LogP contribution in [0.4, 0.5) is 0 Å². The molecule has 0 spiro atoms. The van der Waals surface area contributed by atoms with Gasteiger partial charge in [0.25, 0.3) is 0 Å². The molecular formula is C17H23N3. The highest BCUT2D eigenvalue weighted by molar-refractivity contribution is 5.18. The Labute approximate surface area is 121 Å². The molecule has 106 valence electrons. The molecule has 0 aliphatic rings. The van der Waals surface area contributed by atoms with Crippen LogP contribution in [0.15, 0.2) is 54.9 Å². The lowest BCUT2D eigenvalue weighted by atomic mass is 10.1. The van der Waals surface area contributed by atoms with Crippen LogP contribution in [-0.2, 0) is 6.54 Å². The second kappa shape index (κ2) is 7.78. The van der Waals surface area contributed by atoms with Gasteiger partial charge in [-0.25, -0.2) is 0 Å². The van der Waals surface area contributed by atoms with Crippen LogP contribution in [0.1, 0.15) is 30.5 Å². The van der Waals surface area contributed by atoms with Crippen LogP contribution in [0.25, 0.3) is 0 Å². The molecule has 1 aromatic carbocycles. The van der Waals surface area contributed by atoms with E-state index in [1.807, 2.05) is 12.4 Å². The molecule has 0 amide bonds. The minimum atomic E-state index is 0.248. The van der Waals surface area contributed by atoms with E-state index in [1.54, 1.807) is 0 Å².